The van der Waals surface area contributed by atoms with Gasteiger partial charge in [0.2, 0.25) is 11.3 Å². The van der Waals surface area contributed by atoms with Gasteiger partial charge in [-0.05, 0) is 74.1 Å². The number of carbonyl (C=O) groups is 4. The Morgan fingerprint density at radius 1 is 1.05 bits per heavy atom. The lowest BCUT2D eigenvalue weighted by Gasteiger charge is -2.49. The molecule has 4 aromatic rings. The summed E-state index contributed by atoms with van der Waals surface area (Å²) in [7, 11) is 0. The first-order valence-electron chi connectivity index (χ1n) is 18.0. The maximum absolute atomic E-state index is 14.5. The van der Waals surface area contributed by atoms with Crippen LogP contribution < -0.4 is 16.0 Å². The molecule has 2 aliphatic heterocycles. The SMILES string of the molecule is CC(C)(C)OC(=O)NCCCC(=S)Nc1ncc(C2=C(C(=O)OC(c3ccccc3)c3ccccc3)N3C(=O)C(NC(=O)CSc4ccc(Cl)c(Cl)c4)C3[S+]([O-])C2)s1. The van der Waals surface area contributed by atoms with Crippen molar-refractivity contribution in [1.82, 2.24) is 20.5 Å². The van der Waals surface area contributed by atoms with E-state index in [9.17, 15) is 23.7 Å². The fraction of sp³-hybridized carbons (Fsp3) is 0.300. The first-order chi connectivity index (χ1) is 27.7. The molecule has 3 aromatic carbocycles. The normalized spacial score (nSPS) is 17.6. The second-order valence-corrected chi connectivity index (χ2v) is 19.0. The molecule has 0 bridgehead atoms. The van der Waals surface area contributed by atoms with Crippen LogP contribution in [0.3, 0.4) is 0 Å². The Bertz CT molecular complexity index is 2160. The van der Waals surface area contributed by atoms with Gasteiger partial charge in [0.15, 0.2) is 17.3 Å². The van der Waals surface area contributed by atoms with Crippen molar-refractivity contribution in [3.8, 4) is 0 Å². The van der Waals surface area contributed by atoms with Crippen LogP contribution in [0.25, 0.3) is 5.57 Å². The molecule has 3 unspecified atom stereocenters. The Kier molecular flexibility index (Phi) is 14.4. The molecule has 1 saturated heterocycles. The van der Waals surface area contributed by atoms with Crippen molar-refractivity contribution in [3.05, 3.63) is 117 Å². The number of thioether (sulfide) groups is 1. The Morgan fingerprint density at radius 3 is 2.36 bits per heavy atom. The van der Waals surface area contributed by atoms with Gasteiger partial charge in [0.05, 0.1) is 31.2 Å². The van der Waals surface area contributed by atoms with Gasteiger partial charge in [0.1, 0.15) is 17.1 Å². The van der Waals surface area contributed by atoms with Gasteiger partial charge in [-0.15, -0.1) is 11.8 Å². The monoisotopic (exact) mass is 899 g/mol. The molecule has 3 atom stereocenters. The maximum atomic E-state index is 14.5. The van der Waals surface area contributed by atoms with Crippen molar-refractivity contribution in [1.29, 1.82) is 0 Å². The molecule has 12 nitrogen and oxygen atoms in total. The molecule has 6 rings (SSSR count). The number of benzene rings is 3. The molecule has 58 heavy (non-hydrogen) atoms. The molecule has 0 radical (unpaired) electrons. The van der Waals surface area contributed by atoms with Crippen LogP contribution in [0.5, 0.6) is 0 Å². The highest BCUT2D eigenvalue weighted by Crippen LogP contribution is 2.43. The zero-order valence-corrected chi connectivity index (χ0v) is 36.3. The number of ether oxygens (including phenoxy) is 2. The first-order valence-corrected chi connectivity index (χ1v) is 22.4. The van der Waals surface area contributed by atoms with Crippen LogP contribution in [0.15, 0.2) is 95.7 Å². The molecular weight excluding hydrogens is 862 g/mol. The summed E-state index contributed by atoms with van der Waals surface area (Å²) in [5.41, 5.74) is 1.04. The van der Waals surface area contributed by atoms with E-state index >= 15 is 0 Å². The van der Waals surface area contributed by atoms with E-state index in [1.165, 1.54) is 34.2 Å². The Balaban J connectivity index is 1.22. The highest BCUT2D eigenvalue weighted by Gasteiger charge is 2.61. The maximum Gasteiger partial charge on any atom is 0.407 e. The number of aromatic nitrogens is 1. The van der Waals surface area contributed by atoms with Crippen LogP contribution >= 0.6 is 58.5 Å². The van der Waals surface area contributed by atoms with Crippen molar-refractivity contribution in [3.63, 3.8) is 0 Å². The molecule has 0 aliphatic carbocycles. The van der Waals surface area contributed by atoms with E-state index in [4.69, 9.17) is 44.9 Å². The predicted octanol–water partition coefficient (Wildman–Crippen LogP) is 7.75. The molecule has 304 valence electrons. The van der Waals surface area contributed by atoms with E-state index in [0.29, 0.717) is 66.0 Å². The van der Waals surface area contributed by atoms with Gasteiger partial charge in [-0.2, -0.15) is 0 Å². The Labute approximate surface area is 362 Å². The number of hydrogen-bond acceptors (Lipinski definition) is 11. The van der Waals surface area contributed by atoms with Gasteiger partial charge in [-0.1, -0.05) is 107 Å². The van der Waals surface area contributed by atoms with Gasteiger partial charge in [0.25, 0.3) is 5.91 Å². The van der Waals surface area contributed by atoms with Crippen molar-refractivity contribution in [2.24, 2.45) is 0 Å². The van der Waals surface area contributed by atoms with E-state index in [0.717, 1.165) is 0 Å². The fourth-order valence-corrected chi connectivity index (χ4v) is 10.1. The summed E-state index contributed by atoms with van der Waals surface area (Å²) in [6, 6.07) is 22.3. The number of alkyl carbamates (subject to hydrolysis) is 1. The molecule has 1 fully saturated rings. The number of nitrogens with zero attached hydrogens (tertiary/aromatic N) is 2. The van der Waals surface area contributed by atoms with Gasteiger partial charge in [-0.25, -0.2) is 14.6 Å². The highest BCUT2D eigenvalue weighted by atomic mass is 35.5. The van der Waals surface area contributed by atoms with Crippen molar-refractivity contribution >= 4 is 109 Å². The lowest BCUT2D eigenvalue weighted by molar-refractivity contribution is -0.154. The second kappa shape index (κ2) is 19.3. The minimum atomic E-state index is -1.74. The smallest absolute Gasteiger partial charge is 0.407 e. The number of rotatable bonds is 14. The summed E-state index contributed by atoms with van der Waals surface area (Å²) in [5.74, 6) is -2.04. The number of hydrogen-bond donors (Lipinski definition) is 3. The number of amides is 3. The summed E-state index contributed by atoms with van der Waals surface area (Å²) < 4.78 is 25.5. The lowest BCUT2D eigenvalue weighted by Crippen LogP contribution is -2.74. The van der Waals surface area contributed by atoms with Crippen molar-refractivity contribution in [2.45, 2.75) is 61.6 Å². The summed E-state index contributed by atoms with van der Waals surface area (Å²) in [5, 5.41) is 8.64. The standard InChI is InChI=1S/C40H39Cl2N5O7S4/c1-40(2,3)54-39(51)43-18-10-15-31(55)46-38-44-20-29(57-38)26-22-58(52)36-32(45-30(48)21-56-25-16-17-27(41)28(42)19-25)35(49)47(36)33(26)37(50)53-34(23-11-6-4-7-12-23)24-13-8-5-9-14-24/h4-9,11-14,16-17,19-20,32,34,36H,10,15,18,21-22H2,1-3H3,(H,43,51)(H,45,48)(H,44,46,55). The summed E-state index contributed by atoms with van der Waals surface area (Å²) in [6.45, 7) is 5.70. The Hall–Kier alpha value is -4.16. The zero-order chi connectivity index (χ0) is 41.6. The molecular formula is C40H39Cl2N5O7S4. The Morgan fingerprint density at radius 2 is 1.72 bits per heavy atom. The molecule has 0 saturated carbocycles. The van der Waals surface area contributed by atoms with Gasteiger partial charge in [-0.3, -0.25) is 14.5 Å². The van der Waals surface area contributed by atoms with Crippen molar-refractivity contribution < 1.29 is 33.2 Å². The number of anilines is 1. The number of nitrogens with one attached hydrogen (secondary N) is 3. The number of fused-ring (bicyclic) bond motifs is 1. The van der Waals surface area contributed by atoms with Crippen LogP contribution in [-0.2, 0) is 35.0 Å². The lowest BCUT2D eigenvalue weighted by atomic mass is 10.0. The molecule has 3 N–H and O–H groups in total. The second-order valence-electron chi connectivity index (χ2n) is 14.1. The number of β-lactam (4-membered cyclic amide) rings is 1. The summed E-state index contributed by atoms with van der Waals surface area (Å²) >= 11 is 18.3. The van der Waals surface area contributed by atoms with Crippen LogP contribution in [-0.4, -0.2) is 78.4 Å². The van der Waals surface area contributed by atoms with Crippen LogP contribution in [0.4, 0.5) is 9.93 Å². The van der Waals surface area contributed by atoms with Crippen LogP contribution in [0.1, 0.15) is 55.7 Å². The number of esters is 1. The minimum absolute atomic E-state index is 0.0499. The van der Waals surface area contributed by atoms with Gasteiger partial charge in [0, 0.05) is 17.6 Å². The third-order valence-corrected chi connectivity index (χ3v) is 13.2. The van der Waals surface area contributed by atoms with E-state index in [2.05, 4.69) is 20.9 Å². The molecule has 0 spiro atoms. The number of thiocarbonyl (C=S) groups is 1. The van der Waals surface area contributed by atoms with E-state index in [1.54, 1.807) is 39.0 Å². The topological polar surface area (TPSA) is 162 Å². The predicted molar refractivity (Wildman–Crippen MR) is 232 cm³/mol. The average Bonchev–Trinajstić information content (AvgIpc) is 3.65. The molecule has 1 aromatic heterocycles. The first kappa shape index (κ1) is 43.4. The van der Waals surface area contributed by atoms with Crippen LogP contribution in [0, 0.1) is 0 Å². The van der Waals surface area contributed by atoms with Crippen LogP contribution in [0.2, 0.25) is 10.0 Å². The van der Waals surface area contributed by atoms with E-state index in [-0.39, 0.29) is 17.2 Å². The van der Waals surface area contributed by atoms with E-state index < -0.39 is 58.2 Å². The number of halogens is 2. The summed E-state index contributed by atoms with van der Waals surface area (Å²) in [4.78, 5) is 60.8. The summed E-state index contributed by atoms with van der Waals surface area (Å²) in [6.07, 6.45) is 1.15. The number of carbonyl (C=O) groups excluding carboxylic acids is 4. The molecule has 3 heterocycles. The number of thiazole rings is 1. The van der Waals surface area contributed by atoms with Crippen molar-refractivity contribution in [2.75, 3.05) is 23.4 Å². The van der Waals surface area contributed by atoms with Gasteiger partial charge < -0.3 is 30.0 Å². The quantitative estimate of drug-likeness (QED) is 0.0284. The average molecular weight is 901 g/mol. The largest absolute Gasteiger partial charge is 0.614 e. The highest BCUT2D eigenvalue weighted by molar-refractivity contribution is 8.00. The third-order valence-electron chi connectivity index (χ3n) is 8.62. The fourth-order valence-electron chi connectivity index (χ4n) is 6.04. The molecule has 2 aliphatic rings. The third kappa shape index (κ3) is 10.9. The minimum Gasteiger partial charge on any atom is -0.614 e. The zero-order valence-electron chi connectivity index (χ0n) is 31.5. The van der Waals surface area contributed by atoms with E-state index in [1.807, 2.05) is 60.7 Å². The van der Waals surface area contributed by atoms with Gasteiger partial charge >= 0.3 is 12.1 Å². The molecule has 3 amide bonds. The molecule has 18 heteroatoms.